The Morgan fingerprint density at radius 3 is 2.00 bits per heavy atom. The largest absolute Gasteiger partial charge is 0.479 e. The van der Waals surface area contributed by atoms with Gasteiger partial charge in [0.1, 0.15) is 18.3 Å². The zero-order valence-electron chi connectivity index (χ0n) is 9.59. The quantitative estimate of drug-likeness (QED) is 0.338. The smallest absolute Gasteiger partial charge is 0.335 e. The highest BCUT2D eigenvalue weighted by atomic mass is 16.6. The minimum atomic E-state index is -1.81. The molecule has 8 nitrogen and oxygen atoms in total. The SMILES string of the molecule is C=C(C)C#N.O=C(O)[C@H]1O[C@@H](O)[C@H](O)[C@@H](O)[C@@H]1O. The van der Waals surface area contributed by atoms with Gasteiger partial charge in [-0.05, 0) is 6.92 Å². The van der Waals surface area contributed by atoms with Gasteiger partial charge in [-0.15, -0.1) is 0 Å². The summed E-state index contributed by atoms with van der Waals surface area (Å²) in [4.78, 5) is 10.4. The number of carboxylic acids is 1. The number of allylic oxidation sites excluding steroid dienone is 1. The molecule has 5 N–H and O–H groups in total. The maximum absolute atomic E-state index is 10.4. The molecule has 0 aromatic carbocycles. The fourth-order valence-corrected chi connectivity index (χ4v) is 1.07. The third-order valence-corrected chi connectivity index (χ3v) is 2.02. The van der Waals surface area contributed by atoms with Crippen LogP contribution in [0.25, 0.3) is 0 Å². The van der Waals surface area contributed by atoms with Crippen molar-refractivity contribution in [2.75, 3.05) is 0 Å². The predicted molar refractivity (Wildman–Crippen MR) is 57.0 cm³/mol. The standard InChI is InChI=1S/C6H10O7.C4H5N/c7-1-2(8)4(5(10)11)13-6(12)3(1)9;1-4(2)3-5/h1-4,6-9,12H,(H,10,11);1H2,2H3/t1-,2-,3+,4-,6+;/m0./s1. The van der Waals surface area contributed by atoms with Crippen molar-refractivity contribution in [2.45, 2.75) is 37.6 Å². The molecule has 0 amide bonds. The molecule has 0 aromatic heterocycles. The van der Waals surface area contributed by atoms with E-state index >= 15 is 0 Å². The average molecular weight is 261 g/mol. The van der Waals surface area contributed by atoms with Gasteiger partial charge in [-0.2, -0.15) is 5.26 Å². The van der Waals surface area contributed by atoms with Crippen LogP contribution >= 0.6 is 0 Å². The van der Waals surface area contributed by atoms with Crippen molar-refractivity contribution in [3.63, 3.8) is 0 Å². The number of hydrogen-bond donors (Lipinski definition) is 5. The van der Waals surface area contributed by atoms with E-state index in [1.807, 2.05) is 6.07 Å². The lowest BCUT2D eigenvalue weighted by atomic mass is 9.99. The van der Waals surface area contributed by atoms with E-state index in [1.165, 1.54) is 0 Å². The van der Waals surface area contributed by atoms with Crippen molar-refractivity contribution >= 4 is 5.97 Å². The number of ether oxygens (including phenoxy) is 1. The third kappa shape index (κ3) is 4.40. The molecular weight excluding hydrogens is 246 g/mol. The van der Waals surface area contributed by atoms with Gasteiger partial charge in [-0.25, -0.2) is 4.79 Å². The molecule has 8 heteroatoms. The Kier molecular flexibility index (Phi) is 6.46. The Labute approximate surface area is 103 Å². The predicted octanol–water partition coefficient (Wildman–Crippen LogP) is -2.04. The van der Waals surface area contributed by atoms with Crippen molar-refractivity contribution in [3.05, 3.63) is 12.2 Å². The van der Waals surface area contributed by atoms with Crippen LogP contribution in [0.4, 0.5) is 0 Å². The lowest BCUT2D eigenvalue weighted by Gasteiger charge is -2.36. The minimum Gasteiger partial charge on any atom is -0.479 e. The van der Waals surface area contributed by atoms with Crippen LogP contribution in [0.1, 0.15) is 6.92 Å². The lowest BCUT2D eigenvalue weighted by molar-refractivity contribution is -0.279. The fraction of sp³-hybridized carbons (Fsp3) is 0.600. The summed E-state index contributed by atoms with van der Waals surface area (Å²) in [7, 11) is 0. The maximum Gasteiger partial charge on any atom is 0.335 e. The highest BCUT2D eigenvalue weighted by Crippen LogP contribution is 2.19. The maximum atomic E-state index is 10.4. The van der Waals surface area contributed by atoms with E-state index in [9.17, 15) is 4.79 Å². The van der Waals surface area contributed by atoms with Crippen molar-refractivity contribution in [3.8, 4) is 6.07 Å². The van der Waals surface area contributed by atoms with Crippen LogP contribution in [-0.4, -0.2) is 62.2 Å². The second-order valence-electron chi connectivity index (χ2n) is 3.65. The molecule has 18 heavy (non-hydrogen) atoms. The molecule has 0 radical (unpaired) electrons. The van der Waals surface area contributed by atoms with Crippen molar-refractivity contribution < 1.29 is 35.1 Å². The molecule has 1 rings (SSSR count). The first-order valence-corrected chi connectivity index (χ1v) is 4.88. The number of aliphatic carboxylic acids is 1. The number of carboxylic acid groups (broad SMARTS) is 1. The second kappa shape index (κ2) is 7.05. The van der Waals surface area contributed by atoms with E-state index in [1.54, 1.807) is 6.92 Å². The van der Waals surface area contributed by atoms with E-state index in [0.717, 1.165) is 0 Å². The number of hydrogen-bond acceptors (Lipinski definition) is 7. The van der Waals surface area contributed by atoms with Gasteiger partial charge in [-0.3, -0.25) is 0 Å². The zero-order valence-corrected chi connectivity index (χ0v) is 9.59. The summed E-state index contributed by atoms with van der Waals surface area (Å²) in [6.07, 6.45) is -8.72. The van der Waals surface area contributed by atoms with E-state index in [0.29, 0.717) is 5.57 Å². The van der Waals surface area contributed by atoms with Gasteiger partial charge in [0.05, 0.1) is 6.07 Å². The van der Waals surface area contributed by atoms with Gasteiger partial charge in [0.2, 0.25) is 0 Å². The molecule has 1 fully saturated rings. The molecule has 0 unspecified atom stereocenters. The van der Waals surface area contributed by atoms with Gasteiger partial charge in [0, 0.05) is 5.57 Å². The minimum absolute atomic E-state index is 0.560. The first-order valence-electron chi connectivity index (χ1n) is 4.88. The van der Waals surface area contributed by atoms with E-state index < -0.39 is 36.7 Å². The lowest BCUT2D eigenvalue weighted by Crippen LogP contribution is -2.59. The first kappa shape index (κ1) is 16.5. The summed E-state index contributed by atoms with van der Waals surface area (Å²) in [5.74, 6) is -1.52. The molecular formula is C10H15NO7. The van der Waals surface area contributed by atoms with Crippen LogP contribution < -0.4 is 0 Å². The molecule has 5 atom stereocenters. The van der Waals surface area contributed by atoms with Crippen LogP contribution in [0.15, 0.2) is 12.2 Å². The molecule has 1 aliphatic rings. The monoisotopic (exact) mass is 261 g/mol. The third-order valence-electron chi connectivity index (χ3n) is 2.02. The van der Waals surface area contributed by atoms with Gasteiger partial charge in [0.25, 0.3) is 0 Å². The number of rotatable bonds is 1. The normalized spacial score (nSPS) is 34.8. The molecule has 0 saturated carbocycles. The average Bonchev–Trinajstić information content (AvgIpc) is 2.31. The van der Waals surface area contributed by atoms with E-state index in [2.05, 4.69) is 11.3 Å². The zero-order chi connectivity index (χ0) is 14.5. The van der Waals surface area contributed by atoms with Gasteiger partial charge < -0.3 is 30.3 Å². The van der Waals surface area contributed by atoms with Crippen LogP contribution in [-0.2, 0) is 9.53 Å². The number of carbonyl (C=O) groups is 1. The molecule has 1 saturated heterocycles. The van der Waals surface area contributed by atoms with Crippen molar-refractivity contribution in [1.29, 1.82) is 5.26 Å². The van der Waals surface area contributed by atoms with Gasteiger partial charge >= 0.3 is 5.97 Å². The first-order chi connectivity index (χ1) is 8.22. The van der Waals surface area contributed by atoms with Gasteiger partial charge in [0.15, 0.2) is 12.4 Å². The number of aliphatic hydroxyl groups excluding tert-OH is 4. The fourth-order valence-electron chi connectivity index (χ4n) is 1.07. The van der Waals surface area contributed by atoms with Crippen LogP contribution in [0.2, 0.25) is 0 Å². The molecule has 0 aliphatic carbocycles. The summed E-state index contributed by atoms with van der Waals surface area (Å²) >= 11 is 0. The summed E-state index contributed by atoms with van der Waals surface area (Å²) in [6, 6.07) is 1.83. The molecule has 0 aromatic rings. The Morgan fingerprint density at radius 1 is 1.22 bits per heavy atom. The number of aliphatic hydroxyl groups is 4. The summed E-state index contributed by atoms with van der Waals surface area (Å²) in [6.45, 7) is 4.98. The number of nitriles is 1. The Morgan fingerprint density at radius 2 is 1.67 bits per heavy atom. The Balaban J connectivity index is 0.000000494. The Bertz CT molecular complexity index is 351. The number of nitrogens with zero attached hydrogens (tertiary/aromatic N) is 1. The van der Waals surface area contributed by atoms with Gasteiger partial charge in [-0.1, -0.05) is 6.58 Å². The second-order valence-corrected chi connectivity index (χ2v) is 3.65. The molecule has 0 bridgehead atoms. The van der Waals surface area contributed by atoms with E-state index in [4.69, 9.17) is 30.8 Å². The summed E-state index contributed by atoms with van der Waals surface area (Å²) in [5.41, 5.74) is 0.560. The highest BCUT2D eigenvalue weighted by Gasteiger charge is 2.46. The summed E-state index contributed by atoms with van der Waals surface area (Å²) in [5, 5.41) is 52.2. The van der Waals surface area contributed by atoms with Crippen molar-refractivity contribution in [1.82, 2.24) is 0 Å². The van der Waals surface area contributed by atoms with Crippen LogP contribution in [0.5, 0.6) is 0 Å². The molecule has 1 aliphatic heterocycles. The summed E-state index contributed by atoms with van der Waals surface area (Å²) < 4.78 is 4.34. The van der Waals surface area contributed by atoms with Crippen molar-refractivity contribution in [2.24, 2.45) is 0 Å². The van der Waals surface area contributed by atoms with Crippen LogP contribution in [0.3, 0.4) is 0 Å². The molecule has 0 spiro atoms. The highest BCUT2D eigenvalue weighted by molar-refractivity contribution is 5.73. The Hall–Kier alpha value is -1.50. The van der Waals surface area contributed by atoms with Crippen LogP contribution in [0, 0.1) is 11.3 Å². The molecule has 102 valence electrons. The molecule has 1 heterocycles. The van der Waals surface area contributed by atoms with E-state index in [-0.39, 0.29) is 0 Å². The topological polar surface area (TPSA) is 151 Å².